The Bertz CT molecular complexity index is 556. The van der Waals surface area contributed by atoms with Gasteiger partial charge in [-0.2, -0.15) is 0 Å². The first-order chi connectivity index (χ1) is 7.58. The van der Waals surface area contributed by atoms with Crippen LogP contribution < -0.4 is 0 Å². The third-order valence-electron chi connectivity index (χ3n) is 1.88. The topological polar surface area (TPSA) is 50.2 Å². The minimum Gasteiger partial charge on any atom is -0.477 e. The Hall–Kier alpha value is -0.910. The van der Waals surface area contributed by atoms with Gasteiger partial charge in [0.2, 0.25) is 0 Å². The minimum atomic E-state index is -0.964. The molecule has 0 bridgehead atoms. The third-order valence-corrected chi connectivity index (χ3v) is 3.79. The number of carboxylic acids is 1. The molecule has 2 rings (SSSR count). The molecule has 0 saturated carbocycles. The van der Waals surface area contributed by atoms with E-state index in [2.05, 4.69) is 20.9 Å². The molecule has 0 unspecified atom stereocenters. The maximum absolute atomic E-state index is 10.7. The van der Waals surface area contributed by atoms with Crippen molar-refractivity contribution in [3.8, 4) is 10.6 Å². The molecule has 1 aromatic heterocycles. The Balaban J connectivity index is 2.46. The second-order valence-electron chi connectivity index (χ2n) is 2.96. The summed E-state index contributed by atoms with van der Waals surface area (Å²) in [6, 6.07) is 5.29. The van der Waals surface area contributed by atoms with Crippen LogP contribution in [0.3, 0.4) is 0 Å². The number of nitrogens with zero attached hydrogens (tertiary/aromatic N) is 1. The number of thiazole rings is 1. The summed E-state index contributed by atoms with van der Waals surface area (Å²) >= 11 is 10.3. The number of aromatic nitrogens is 1. The van der Waals surface area contributed by atoms with Gasteiger partial charge in [0.1, 0.15) is 9.88 Å². The molecular formula is C10H5BrClNO2S. The number of benzene rings is 1. The lowest BCUT2D eigenvalue weighted by Crippen LogP contribution is -1.89. The Morgan fingerprint density at radius 2 is 2.25 bits per heavy atom. The first-order valence-electron chi connectivity index (χ1n) is 4.22. The highest BCUT2D eigenvalue weighted by Gasteiger charge is 2.12. The molecule has 0 saturated heterocycles. The zero-order valence-corrected chi connectivity index (χ0v) is 10.9. The lowest BCUT2D eigenvalue weighted by Gasteiger charge is -2.00. The molecule has 0 aliphatic rings. The molecule has 0 aliphatic heterocycles. The fourth-order valence-electron chi connectivity index (χ4n) is 1.16. The van der Waals surface area contributed by atoms with E-state index in [0.29, 0.717) is 10.0 Å². The highest BCUT2D eigenvalue weighted by molar-refractivity contribution is 9.10. The van der Waals surface area contributed by atoms with Gasteiger partial charge in [-0.3, -0.25) is 0 Å². The molecule has 0 fully saturated rings. The normalized spacial score (nSPS) is 10.4. The third kappa shape index (κ3) is 2.26. The summed E-state index contributed by atoms with van der Waals surface area (Å²) in [6.07, 6.45) is 1.35. The summed E-state index contributed by atoms with van der Waals surface area (Å²) in [5, 5.41) is 10.1. The quantitative estimate of drug-likeness (QED) is 0.913. The van der Waals surface area contributed by atoms with Crippen LogP contribution in [0.2, 0.25) is 5.02 Å². The summed E-state index contributed by atoms with van der Waals surface area (Å²) in [5.41, 5.74) is 0.835. The van der Waals surface area contributed by atoms with Crippen LogP contribution in [0.4, 0.5) is 0 Å². The van der Waals surface area contributed by atoms with E-state index in [4.69, 9.17) is 16.7 Å². The summed E-state index contributed by atoms with van der Waals surface area (Å²) in [7, 11) is 0. The maximum atomic E-state index is 10.7. The molecule has 3 nitrogen and oxygen atoms in total. The molecule has 0 aliphatic carbocycles. The Morgan fingerprint density at radius 3 is 2.81 bits per heavy atom. The fourth-order valence-corrected chi connectivity index (χ4v) is 2.96. The average Bonchev–Trinajstić information content (AvgIpc) is 2.66. The van der Waals surface area contributed by atoms with Crippen LogP contribution in [0.5, 0.6) is 0 Å². The Kier molecular flexibility index (Phi) is 3.28. The first-order valence-corrected chi connectivity index (χ1v) is 6.21. The van der Waals surface area contributed by atoms with E-state index in [1.54, 1.807) is 18.2 Å². The van der Waals surface area contributed by atoms with Gasteiger partial charge in [-0.15, -0.1) is 11.3 Å². The number of hydrogen-bond acceptors (Lipinski definition) is 3. The molecule has 0 amide bonds. The number of halogens is 2. The van der Waals surface area contributed by atoms with E-state index in [-0.39, 0.29) is 4.88 Å². The Labute approximate surface area is 109 Å². The summed E-state index contributed by atoms with van der Waals surface area (Å²) in [6.45, 7) is 0. The maximum Gasteiger partial charge on any atom is 0.347 e. The molecular weight excluding hydrogens is 314 g/mol. The largest absolute Gasteiger partial charge is 0.477 e. The van der Waals surface area contributed by atoms with Crippen molar-refractivity contribution >= 4 is 44.8 Å². The summed E-state index contributed by atoms with van der Waals surface area (Å²) in [4.78, 5) is 15.0. The van der Waals surface area contributed by atoms with Crippen molar-refractivity contribution in [2.75, 3.05) is 0 Å². The predicted molar refractivity (Wildman–Crippen MR) is 67.2 cm³/mol. The van der Waals surface area contributed by atoms with Crippen LogP contribution in [-0.4, -0.2) is 16.1 Å². The van der Waals surface area contributed by atoms with Gasteiger partial charge >= 0.3 is 5.97 Å². The van der Waals surface area contributed by atoms with Crippen molar-refractivity contribution in [1.29, 1.82) is 0 Å². The number of carbonyl (C=O) groups is 1. The van der Waals surface area contributed by atoms with Gasteiger partial charge in [0.25, 0.3) is 0 Å². The van der Waals surface area contributed by atoms with Crippen LogP contribution in [0, 0.1) is 0 Å². The van der Waals surface area contributed by atoms with Crippen LogP contribution in [-0.2, 0) is 0 Å². The van der Waals surface area contributed by atoms with Gasteiger partial charge in [0, 0.05) is 15.1 Å². The Morgan fingerprint density at radius 1 is 1.50 bits per heavy atom. The molecule has 82 valence electrons. The van der Waals surface area contributed by atoms with Gasteiger partial charge < -0.3 is 5.11 Å². The molecule has 16 heavy (non-hydrogen) atoms. The van der Waals surface area contributed by atoms with Crippen molar-refractivity contribution < 1.29 is 9.90 Å². The summed E-state index contributed by atoms with van der Waals surface area (Å²) < 4.78 is 0.797. The number of rotatable bonds is 2. The second-order valence-corrected chi connectivity index (χ2v) is 5.28. The average molecular weight is 319 g/mol. The highest BCUT2D eigenvalue weighted by Crippen LogP contribution is 2.33. The zero-order chi connectivity index (χ0) is 11.7. The van der Waals surface area contributed by atoms with E-state index in [1.807, 2.05) is 0 Å². The van der Waals surface area contributed by atoms with E-state index in [9.17, 15) is 4.79 Å². The first kappa shape index (κ1) is 11.6. The van der Waals surface area contributed by atoms with Gasteiger partial charge in [0.15, 0.2) is 0 Å². The van der Waals surface area contributed by atoms with Crippen LogP contribution in [0.1, 0.15) is 9.67 Å². The fraction of sp³-hybridized carbons (Fsp3) is 0. The van der Waals surface area contributed by atoms with E-state index >= 15 is 0 Å². The van der Waals surface area contributed by atoms with Gasteiger partial charge in [0.05, 0.1) is 6.20 Å². The number of aromatic carboxylic acids is 1. The van der Waals surface area contributed by atoms with Crippen LogP contribution >= 0.6 is 38.9 Å². The van der Waals surface area contributed by atoms with E-state index in [0.717, 1.165) is 21.4 Å². The van der Waals surface area contributed by atoms with Crippen molar-refractivity contribution in [2.24, 2.45) is 0 Å². The monoisotopic (exact) mass is 317 g/mol. The standard InChI is InChI=1S/C10H5BrClNO2S/c11-7-3-5(12)1-2-6(7)9-13-4-8(16-9)10(14)15/h1-4H,(H,14,15). The van der Waals surface area contributed by atoms with Gasteiger partial charge in [-0.05, 0) is 18.2 Å². The molecule has 1 heterocycles. The van der Waals surface area contributed by atoms with Gasteiger partial charge in [-0.25, -0.2) is 9.78 Å². The molecule has 6 heteroatoms. The smallest absolute Gasteiger partial charge is 0.347 e. The lowest BCUT2D eigenvalue weighted by atomic mass is 10.2. The molecule has 1 aromatic carbocycles. The second kappa shape index (κ2) is 4.53. The van der Waals surface area contributed by atoms with Crippen molar-refractivity contribution in [1.82, 2.24) is 4.98 Å². The van der Waals surface area contributed by atoms with Crippen LogP contribution in [0.25, 0.3) is 10.6 Å². The molecule has 2 aromatic rings. The van der Waals surface area contributed by atoms with Crippen molar-refractivity contribution in [3.05, 3.63) is 38.8 Å². The molecule has 0 spiro atoms. The van der Waals surface area contributed by atoms with E-state index in [1.165, 1.54) is 6.20 Å². The zero-order valence-electron chi connectivity index (χ0n) is 7.78. The number of hydrogen-bond donors (Lipinski definition) is 1. The lowest BCUT2D eigenvalue weighted by molar-refractivity contribution is 0.0702. The van der Waals surface area contributed by atoms with E-state index < -0.39 is 5.97 Å². The minimum absolute atomic E-state index is 0.219. The summed E-state index contributed by atoms with van der Waals surface area (Å²) in [5.74, 6) is -0.964. The van der Waals surface area contributed by atoms with Crippen molar-refractivity contribution in [2.45, 2.75) is 0 Å². The molecule has 1 N–H and O–H groups in total. The SMILES string of the molecule is O=C(O)c1cnc(-c2ccc(Cl)cc2Br)s1. The molecule has 0 atom stereocenters. The van der Waals surface area contributed by atoms with Crippen LogP contribution in [0.15, 0.2) is 28.9 Å². The van der Waals surface area contributed by atoms with Gasteiger partial charge in [-0.1, -0.05) is 27.5 Å². The highest BCUT2D eigenvalue weighted by atomic mass is 79.9. The predicted octanol–water partition coefficient (Wildman–Crippen LogP) is 3.92. The number of carboxylic acid groups (broad SMARTS) is 1. The van der Waals surface area contributed by atoms with Crippen molar-refractivity contribution in [3.63, 3.8) is 0 Å². The molecule has 0 radical (unpaired) electrons.